The van der Waals surface area contributed by atoms with Crippen LogP contribution in [-0.4, -0.2) is 18.6 Å². The Labute approximate surface area is 102 Å². The molecule has 0 saturated carbocycles. The van der Waals surface area contributed by atoms with Crippen LogP contribution in [0.2, 0.25) is 0 Å². The maximum atomic E-state index is 11.6. The summed E-state index contributed by atoms with van der Waals surface area (Å²) >= 11 is 0. The normalized spacial score (nSPS) is 12.3. The van der Waals surface area contributed by atoms with E-state index < -0.39 is 0 Å². The van der Waals surface area contributed by atoms with E-state index in [2.05, 4.69) is 5.32 Å². The Balaban J connectivity index is 2.59. The largest absolute Gasteiger partial charge is 0.491 e. The van der Waals surface area contributed by atoms with E-state index in [-0.39, 0.29) is 17.9 Å². The predicted octanol–water partition coefficient (Wildman–Crippen LogP) is 2.01. The molecule has 1 atom stereocenters. The molecule has 0 aliphatic heterocycles. The Bertz CT molecular complexity index is 360. The van der Waals surface area contributed by atoms with Crippen molar-refractivity contribution < 1.29 is 9.53 Å². The molecule has 0 radical (unpaired) electrons. The third kappa shape index (κ3) is 4.44. The van der Waals surface area contributed by atoms with Gasteiger partial charge in [-0.15, -0.1) is 0 Å². The van der Waals surface area contributed by atoms with Crippen LogP contribution in [0.15, 0.2) is 24.3 Å². The summed E-state index contributed by atoms with van der Waals surface area (Å²) in [6.45, 7) is 6.09. The first-order valence-electron chi connectivity index (χ1n) is 5.80. The molecule has 94 valence electrons. The summed E-state index contributed by atoms with van der Waals surface area (Å²) < 4.78 is 5.51. The Kier molecular flexibility index (Phi) is 4.97. The number of ether oxygens (including phenoxy) is 1. The second kappa shape index (κ2) is 6.25. The van der Waals surface area contributed by atoms with Crippen molar-refractivity contribution in [2.24, 2.45) is 11.7 Å². The number of hydrogen-bond acceptors (Lipinski definition) is 3. The van der Waals surface area contributed by atoms with Crippen LogP contribution in [0.5, 0.6) is 5.75 Å². The molecule has 1 unspecified atom stereocenters. The second-order valence-corrected chi connectivity index (χ2v) is 4.32. The number of rotatable bonds is 5. The van der Waals surface area contributed by atoms with Gasteiger partial charge in [0.25, 0.3) is 0 Å². The quantitative estimate of drug-likeness (QED) is 0.822. The molecule has 0 aromatic heterocycles. The van der Waals surface area contributed by atoms with Crippen molar-refractivity contribution in [2.45, 2.75) is 26.9 Å². The zero-order valence-electron chi connectivity index (χ0n) is 10.6. The highest BCUT2D eigenvalue weighted by Crippen LogP contribution is 2.17. The van der Waals surface area contributed by atoms with Gasteiger partial charge in [-0.05, 0) is 38.1 Å². The van der Waals surface area contributed by atoms with E-state index in [0.29, 0.717) is 6.54 Å². The third-order valence-corrected chi connectivity index (χ3v) is 2.29. The van der Waals surface area contributed by atoms with Crippen molar-refractivity contribution in [1.29, 1.82) is 0 Å². The molecule has 3 N–H and O–H groups in total. The number of carbonyl (C=O) groups excluding carboxylic acids is 1. The average molecular weight is 236 g/mol. The Morgan fingerprint density at radius 2 is 1.88 bits per heavy atom. The van der Waals surface area contributed by atoms with Gasteiger partial charge in [0.2, 0.25) is 5.91 Å². The Morgan fingerprint density at radius 3 is 2.35 bits per heavy atom. The van der Waals surface area contributed by atoms with Gasteiger partial charge in [-0.25, -0.2) is 0 Å². The SMILES string of the molecule is CC(C)Oc1ccc(NC(=O)C(C)CN)cc1. The summed E-state index contributed by atoms with van der Waals surface area (Å²) in [5.41, 5.74) is 6.18. The molecule has 1 amide bonds. The van der Waals surface area contributed by atoms with Gasteiger partial charge in [-0.3, -0.25) is 4.79 Å². The number of anilines is 1. The van der Waals surface area contributed by atoms with Gasteiger partial charge in [0, 0.05) is 18.2 Å². The van der Waals surface area contributed by atoms with Crippen LogP contribution in [0.3, 0.4) is 0 Å². The molecular formula is C13H20N2O2. The number of carbonyl (C=O) groups is 1. The van der Waals surface area contributed by atoms with Crippen molar-refractivity contribution in [3.05, 3.63) is 24.3 Å². The summed E-state index contributed by atoms with van der Waals surface area (Å²) in [4.78, 5) is 11.6. The molecule has 1 aromatic carbocycles. The van der Waals surface area contributed by atoms with Crippen LogP contribution in [0.25, 0.3) is 0 Å². The molecule has 17 heavy (non-hydrogen) atoms. The van der Waals surface area contributed by atoms with Crippen molar-refractivity contribution >= 4 is 11.6 Å². The van der Waals surface area contributed by atoms with E-state index in [1.54, 1.807) is 6.92 Å². The van der Waals surface area contributed by atoms with Crippen LogP contribution in [0.1, 0.15) is 20.8 Å². The molecule has 4 heteroatoms. The first-order chi connectivity index (χ1) is 8.02. The molecule has 0 bridgehead atoms. The van der Waals surface area contributed by atoms with Crippen LogP contribution in [-0.2, 0) is 4.79 Å². The molecule has 0 aliphatic rings. The fourth-order valence-corrected chi connectivity index (χ4v) is 1.26. The van der Waals surface area contributed by atoms with Gasteiger partial charge >= 0.3 is 0 Å². The van der Waals surface area contributed by atoms with E-state index in [9.17, 15) is 4.79 Å². The van der Waals surface area contributed by atoms with Crippen LogP contribution < -0.4 is 15.8 Å². The van der Waals surface area contributed by atoms with Gasteiger partial charge in [-0.1, -0.05) is 6.92 Å². The van der Waals surface area contributed by atoms with Crippen molar-refractivity contribution in [1.82, 2.24) is 0 Å². The molecular weight excluding hydrogens is 216 g/mol. The van der Waals surface area contributed by atoms with Gasteiger partial charge in [0.1, 0.15) is 5.75 Å². The van der Waals surface area contributed by atoms with Gasteiger partial charge < -0.3 is 15.8 Å². The third-order valence-electron chi connectivity index (χ3n) is 2.29. The van der Waals surface area contributed by atoms with Crippen LogP contribution >= 0.6 is 0 Å². The zero-order chi connectivity index (χ0) is 12.8. The molecule has 0 spiro atoms. The molecule has 0 aliphatic carbocycles. The first kappa shape index (κ1) is 13.5. The van der Waals surface area contributed by atoms with Crippen molar-refractivity contribution in [3.63, 3.8) is 0 Å². The predicted molar refractivity (Wildman–Crippen MR) is 69.1 cm³/mol. The fourth-order valence-electron chi connectivity index (χ4n) is 1.26. The fraction of sp³-hybridized carbons (Fsp3) is 0.462. The van der Waals surface area contributed by atoms with E-state index in [1.807, 2.05) is 38.1 Å². The monoisotopic (exact) mass is 236 g/mol. The minimum absolute atomic E-state index is 0.0648. The first-order valence-corrected chi connectivity index (χ1v) is 5.80. The Hall–Kier alpha value is -1.55. The second-order valence-electron chi connectivity index (χ2n) is 4.32. The van der Waals surface area contributed by atoms with Gasteiger partial charge in [-0.2, -0.15) is 0 Å². The summed E-state index contributed by atoms with van der Waals surface area (Å²) in [6.07, 6.45) is 0.146. The summed E-state index contributed by atoms with van der Waals surface area (Å²) in [5.74, 6) is 0.552. The smallest absolute Gasteiger partial charge is 0.228 e. The highest BCUT2D eigenvalue weighted by Gasteiger charge is 2.10. The van der Waals surface area contributed by atoms with E-state index >= 15 is 0 Å². The van der Waals surface area contributed by atoms with E-state index in [0.717, 1.165) is 11.4 Å². The van der Waals surface area contributed by atoms with E-state index in [4.69, 9.17) is 10.5 Å². The number of benzene rings is 1. The highest BCUT2D eigenvalue weighted by atomic mass is 16.5. The molecule has 1 aromatic rings. The van der Waals surface area contributed by atoms with E-state index in [1.165, 1.54) is 0 Å². The highest BCUT2D eigenvalue weighted by molar-refractivity contribution is 5.92. The van der Waals surface area contributed by atoms with Crippen molar-refractivity contribution in [3.8, 4) is 5.75 Å². The molecule has 1 rings (SSSR count). The lowest BCUT2D eigenvalue weighted by atomic mass is 10.1. The lowest BCUT2D eigenvalue weighted by Crippen LogP contribution is -2.26. The molecule has 0 heterocycles. The number of amides is 1. The lowest BCUT2D eigenvalue weighted by Gasteiger charge is -2.12. The van der Waals surface area contributed by atoms with Crippen molar-refractivity contribution in [2.75, 3.05) is 11.9 Å². The minimum atomic E-state index is -0.179. The van der Waals surface area contributed by atoms with Gasteiger partial charge in [0.15, 0.2) is 0 Å². The lowest BCUT2D eigenvalue weighted by molar-refractivity contribution is -0.119. The number of nitrogens with one attached hydrogen (secondary N) is 1. The maximum absolute atomic E-state index is 11.6. The summed E-state index contributed by atoms with van der Waals surface area (Å²) in [6, 6.07) is 7.31. The zero-order valence-corrected chi connectivity index (χ0v) is 10.6. The minimum Gasteiger partial charge on any atom is -0.491 e. The molecule has 0 fully saturated rings. The topological polar surface area (TPSA) is 64.3 Å². The molecule has 0 saturated heterocycles. The van der Waals surface area contributed by atoms with Gasteiger partial charge in [0.05, 0.1) is 6.10 Å². The standard InChI is InChI=1S/C13H20N2O2/c1-9(2)17-12-6-4-11(5-7-12)15-13(16)10(3)8-14/h4-7,9-10H,8,14H2,1-3H3,(H,15,16). The summed E-state index contributed by atoms with van der Waals surface area (Å²) in [5, 5.41) is 2.80. The maximum Gasteiger partial charge on any atom is 0.228 e. The van der Waals surface area contributed by atoms with Crippen LogP contribution in [0.4, 0.5) is 5.69 Å². The summed E-state index contributed by atoms with van der Waals surface area (Å²) in [7, 11) is 0. The van der Waals surface area contributed by atoms with Crippen LogP contribution in [0, 0.1) is 5.92 Å². The number of hydrogen-bond donors (Lipinski definition) is 2. The number of nitrogens with two attached hydrogens (primary N) is 1. The molecule has 4 nitrogen and oxygen atoms in total. The Morgan fingerprint density at radius 1 is 1.29 bits per heavy atom. The average Bonchev–Trinajstić information content (AvgIpc) is 2.30.